The van der Waals surface area contributed by atoms with Crippen LogP contribution in [0.1, 0.15) is 65.9 Å². The standard InChI is InChI=1S/C23H39F3N2O5S2/c1-17(2)13-14-28(35(32,33)20-11-9-18(15-29)10-12-20)19(16-30)7-6-8-21(23(24,25)26)27-34(31)22(3,4)5/h9-12,17,19,21,27,29-30H,6-8,13-16H2,1-5H3/t19-,21+,34?/m0/s1. The monoisotopic (exact) mass is 544 g/mol. The van der Waals surface area contributed by atoms with Gasteiger partial charge >= 0.3 is 6.18 Å². The maximum atomic E-state index is 13.5. The molecular weight excluding hydrogens is 505 g/mol. The third kappa shape index (κ3) is 10.1. The molecule has 0 aromatic heterocycles. The van der Waals surface area contributed by atoms with E-state index in [2.05, 4.69) is 4.72 Å². The van der Waals surface area contributed by atoms with E-state index in [1.165, 1.54) is 24.3 Å². The molecule has 7 nitrogen and oxygen atoms in total. The molecule has 3 N–H and O–H groups in total. The maximum Gasteiger partial charge on any atom is 0.404 e. The number of sulfonamides is 1. The molecule has 12 heteroatoms. The molecule has 204 valence electrons. The van der Waals surface area contributed by atoms with Crippen LogP contribution in [0.3, 0.4) is 0 Å². The number of nitrogens with zero attached hydrogens (tertiary/aromatic N) is 1. The van der Waals surface area contributed by atoms with Gasteiger partial charge in [0.15, 0.2) is 0 Å². The van der Waals surface area contributed by atoms with Crippen LogP contribution >= 0.6 is 0 Å². The second-order valence-electron chi connectivity index (χ2n) is 9.96. The van der Waals surface area contributed by atoms with Crippen LogP contribution in [-0.4, -0.2) is 63.3 Å². The molecule has 3 atom stereocenters. The van der Waals surface area contributed by atoms with Crippen molar-refractivity contribution >= 4 is 21.0 Å². The summed E-state index contributed by atoms with van der Waals surface area (Å²) in [6.07, 6.45) is -4.58. The highest BCUT2D eigenvalue weighted by atomic mass is 32.2. The van der Waals surface area contributed by atoms with E-state index in [1.54, 1.807) is 20.8 Å². The van der Waals surface area contributed by atoms with Gasteiger partial charge in [0.25, 0.3) is 0 Å². The normalized spacial score (nSPS) is 16.0. The average molecular weight is 545 g/mol. The molecule has 0 bridgehead atoms. The van der Waals surface area contributed by atoms with E-state index in [0.717, 1.165) is 4.31 Å². The smallest absolute Gasteiger partial charge is 0.395 e. The Kier molecular flexibility index (Phi) is 12.3. The first-order valence-electron chi connectivity index (χ1n) is 11.6. The van der Waals surface area contributed by atoms with E-state index >= 15 is 0 Å². The third-order valence-corrected chi connectivity index (χ3v) is 9.07. The Hall–Kier alpha value is -1.05. The molecule has 35 heavy (non-hydrogen) atoms. The lowest BCUT2D eigenvalue weighted by Gasteiger charge is -2.31. The molecule has 1 aromatic carbocycles. The van der Waals surface area contributed by atoms with Gasteiger partial charge in [0.1, 0.15) is 6.04 Å². The second kappa shape index (κ2) is 13.5. The van der Waals surface area contributed by atoms with Crippen LogP contribution in [0.2, 0.25) is 0 Å². The van der Waals surface area contributed by atoms with Gasteiger partial charge in [-0.2, -0.15) is 17.5 Å². The predicted molar refractivity (Wildman–Crippen MR) is 131 cm³/mol. The Morgan fingerprint density at radius 1 is 1.03 bits per heavy atom. The fraction of sp³-hybridized carbons (Fsp3) is 0.739. The van der Waals surface area contributed by atoms with E-state index in [1.807, 2.05) is 13.8 Å². The molecule has 0 saturated heterocycles. The highest BCUT2D eigenvalue weighted by Gasteiger charge is 2.41. The summed E-state index contributed by atoms with van der Waals surface area (Å²) in [5.74, 6) is 0.162. The van der Waals surface area contributed by atoms with Crippen molar-refractivity contribution in [3.63, 3.8) is 0 Å². The summed E-state index contributed by atoms with van der Waals surface area (Å²) in [6.45, 7) is 7.84. The minimum Gasteiger partial charge on any atom is -0.395 e. The summed E-state index contributed by atoms with van der Waals surface area (Å²) in [5.41, 5.74) is 0.537. The summed E-state index contributed by atoms with van der Waals surface area (Å²) in [7, 11) is -5.98. The first-order chi connectivity index (χ1) is 16.0. The van der Waals surface area contributed by atoms with E-state index in [-0.39, 0.29) is 36.8 Å². The van der Waals surface area contributed by atoms with Gasteiger partial charge < -0.3 is 10.2 Å². The Balaban J connectivity index is 3.08. The number of benzene rings is 1. The highest BCUT2D eigenvalue weighted by Crippen LogP contribution is 2.28. The molecule has 1 aromatic rings. The van der Waals surface area contributed by atoms with Crippen molar-refractivity contribution in [2.45, 2.75) is 94.8 Å². The van der Waals surface area contributed by atoms with Crippen LogP contribution in [0.4, 0.5) is 13.2 Å². The molecule has 0 saturated carbocycles. The maximum absolute atomic E-state index is 13.5. The molecule has 0 aliphatic heterocycles. The van der Waals surface area contributed by atoms with Crippen LogP contribution in [0.15, 0.2) is 29.2 Å². The van der Waals surface area contributed by atoms with Crippen molar-refractivity contribution in [1.29, 1.82) is 0 Å². The SMILES string of the molecule is CC(C)CCN([C@H](CO)CCC[C@@H](NS(=O)C(C)(C)C)C(F)(F)F)S(=O)(=O)c1ccc(CO)cc1. The minimum atomic E-state index is -4.63. The molecule has 0 radical (unpaired) electrons. The lowest BCUT2D eigenvalue weighted by Crippen LogP contribution is -2.48. The van der Waals surface area contributed by atoms with Crippen LogP contribution in [0.5, 0.6) is 0 Å². The second-order valence-corrected chi connectivity index (χ2v) is 13.8. The van der Waals surface area contributed by atoms with Crippen LogP contribution in [-0.2, 0) is 27.6 Å². The van der Waals surface area contributed by atoms with Crippen molar-refractivity contribution in [2.24, 2.45) is 5.92 Å². The number of nitrogens with one attached hydrogen (secondary N) is 1. The van der Waals surface area contributed by atoms with Gasteiger partial charge in [0, 0.05) is 12.6 Å². The number of halogens is 3. The zero-order chi connectivity index (χ0) is 27.0. The number of hydrogen-bond acceptors (Lipinski definition) is 5. The fourth-order valence-corrected chi connectivity index (χ4v) is 5.79. The Labute approximate surface area is 209 Å². The zero-order valence-electron chi connectivity index (χ0n) is 21.0. The van der Waals surface area contributed by atoms with Gasteiger partial charge in [-0.05, 0) is 70.1 Å². The predicted octanol–water partition coefficient (Wildman–Crippen LogP) is 3.73. The van der Waals surface area contributed by atoms with Crippen molar-refractivity contribution < 1.29 is 36.0 Å². The topological polar surface area (TPSA) is 107 Å². The Morgan fingerprint density at radius 2 is 1.60 bits per heavy atom. The van der Waals surface area contributed by atoms with Gasteiger partial charge in [-0.15, -0.1) is 0 Å². The van der Waals surface area contributed by atoms with Crippen LogP contribution < -0.4 is 4.72 Å². The Morgan fingerprint density at radius 3 is 2.03 bits per heavy atom. The first-order valence-corrected chi connectivity index (χ1v) is 14.2. The van der Waals surface area contributed by atoms with Crippen molar-refractivity contribution in [2.75, 3.05) is 13.2 Å². The van der Waals surface area contributed by atoms with E-state index in [4.69, 9.17) is 0 Å². The number of alkyl halides is 3. The minimum absolute atomic E-state index is 0.00103. The lowest BCUT2D eigenvalue weighted by atomic mass is 10.1. The number of aliphatic hydroxyl groups is 2. The highest BCUT2D eigenvalue weighted by molar-refractivity contribution is 7.89. The van der Waals surface area contributed by atoms with Crippen LogP contribution in [0, 0.1) is 5.92 Å². The van der Waals surface area contributed by atoms with Gasteiger partial charge in [0.2, 0.25) is 10.0 Å². The van der Waals surface area contributed by atoms with E-state index in [0.29, 0.717) is 12.0 Å². The molecule has 0 fully saturated rings. The van der Waals surface area contributed by atoms with Crippen LogP contribution in [0.25, 0.3) is 0 Å². The number of aliphatic hydroxyl groups excluding tert-OH is 2. The van der Waals surface area contributed by atoms with Crippen molar-refractivity contribution in [3.8, 4) is 0 Å². The number of hydrogen-bond donors (Lipinski definition) is 3. The van der Waals surface area contributed by atoms with Gasteiger partial charge in [-0.3, -0.25) is 0 Å². The van der Waals surface area contributed by atoms with Gasteiger partial charge in [-0.1, -0.05) is 26.0 Å². The summed E-state index contributed by atoms with van der Waals surface area (Å²) >= 11 is 0. The number of rotatable bonds is 14. The molecule has 1 unspecified atom stereocenters. The summed E-state index contributed by atoms with van der Waals surface area (Å²) in [6, 6.07) is 2.76. The zero-order valence-corrected chi connectivity index (χ0v) is 22.6. The van der Waals surface area contributed by atoms with Crippen molar-refractivity contribution in [3.05, 3.63) is 29.8 Å². The third-order valence-electron chi connectivity index (χ3n) is 5.49. The molecule has 0 aliphatic rings. The summed E-state index contributed by atoms with van der Waals surface area (Å²) < 4.78 is 82.0. The van der Waals surface area contributed by atoms with Crippen molar-refractivity contribution in [1.82, 2.24) is 9.03 Å². The van der Waals surface area contributed by atoms with E-state index < -0.39 is 57.0 Å². The molecule has 1 rings (SSSR count). The molecular formula is C23H39F3N2O5S2. The quantitative estimate of drug-likeness (QED) is 0.331. The fourth-order valence-electron chi connectivity index (χ4n) is 3.27. The molecule has 0 aliphatic carbocycles. The molecule has 0 heterocycles. The molecule has 0 spiro atoms. The average Bonchev–Trinajstić information content (AvgIpc) is 2.75. The van der Waals surface area contributed by atoms with Gasteiger partial charge in [-0.25, -0.2) is 17.3 Å². The summed E-state index contributed by atoms with van der Waals surface area (Å²) in [5, 5.41) is 19.2. The Bertz CT molecular complexity index is 901. The molecule has 0 amide bonds. The van der Waals surface area contributed by atoms with E-state index in [9.17, 15) is 36.0 Å². The lowest BCUT2D eigenvalue weighted by molar-refractivity contribution is -0.152. The largest absolute Gasteiger partial charge is 0.404 e. The first kappa shape index (κ1) is 32.0. The van der Waals surface area contributed by atoms with Gasteiger partial charge in [0.05, 0.1) is 33.8 Å². The summed E-state index contributed by atoms with van der Waals surface area (Å²) in [4.78, 5) is -0.0210.